The maximum absolute atomic E-state index is 13.4. The molecule has 1 aromatic heterocycles. The van der Waals surface area contributed by atoms with Crippen LogP contribution in [0.15, 0.2) is 29.3 Å². The topological polar surface area (TPSA) is 71.8 Å². The Morgan fingerprint density at radius 1 is 1.31 bits per heavy atom. The van der Waals surface area contributed by atoms with Crippen LogP contribution in [0.1, 0.15) is 0 Å². The van der Waals surface area contributed by atoms with Gasteiger partial charge in [-0.15, -0.1) is 0 Å². The van der Waals surface area contributed by atoms with Gasteiger partial charge in [-0.1, -0.05) is 0 Å². The molecule has 0 amide bonds. The van der Waals surface area contributed by atoms with Gasteiger partial charge in [0.1, 0.15) is 23.0 Å². The first-order chi connectivity index (χ1) is 7.59. The number of aromatic nitrogens is 2. The Bertz CT molecular complexity index is 595. The van der Waals surface area contributed by atoms with Gasteiger partial charge < -0.3 is 10.7 Å². The molecule has 3 N–H and O–H groups in total. The van der Waals surface area contributed by atoms with E-state index in [1.165, 1.54) is 6.07 Å². The zero-order valence-electron chi connectivity index (χ0n) is 8.00. The van der Waals surface area contributed by atoms with Crippen molar-refractivity contribution in [1.82, 2.24) is 9.97 Å². The monoisotopic (exact) mass is 223 g/mol. The summed E-state index contributed by atoms with van der Waals surface area (Å²) in [6.45, 7) is 0. The number of nitrogens with two attached hydrogens (primary N) is 1. The zero-order valence-corrected chi connectivity index (χ0v) is 8.00. The van der Waals surface area contributed by atoms with Gasteiger partial charge in [0.2, 0.25) is 0 Å². The summed E-state index contributed by atoms with van der Waals surface area (Å²) in [5.74, 6) is -1.52. The van der Waals surface area contributed by atoms with Crippen LogP contribution in [0.5, 0.6) is 0 Å². The van der Waals surface area contributed by atoms with Crippen molar-refractivity contribution in [2.75, 3.05) is 5.73 Å². The first kappa shape index (κ1) is 10.3. The Balaban J connectivity index is 2.68. The van der Waals surface area contributed by atoms with Crippen molar-refractivity contribution < 1.29 is 8.78 Å². The largest absolute Gasteiger partial charge is 0.392 e. The smallest absolute Gasteiger partial charge is 0.274 e. The molecular weight excluding hydrogens is 216 g/mol. The third kappa shape index (κ3) is 1.65. The predicted molar refractivity (Wildman–Crippen MR) is 54.6 cm³/mol. The summed E-state index contributed by atoms with van der Waals surface area (Å²) in [6, 6.07) is 2.96. The van der Waals surface area contributed by atoms with Gasteiger partial charge in [-0.3, -0.25) is 4.79 Å². The minimum absolute atomic E-state index is 0.00116. The van der Waals surface area contributed by atoms with Crippen molar-refractivity contribution in [2.24, 2.45) is 0 Å². The molecule has 0 unspecified atom stereocenters. The van der Waals surface area contributed by atoms with Crippen LogP contribution in [-0.4, -0.2) is 9.97 Å². The molecule has 1 heterocycles. The highest BCUT2D eigenvalue weighted by Crippen LogP contribution is 2.23. The summed E-state index contributed by atoms with van der Waals surface area (Å²) in [6.07, 6.45) is 1.11. The molecule has 6 heteroatoms. The highest BCUT2D eigenvalue weighted by atomic mass is 19.1. The second-order valence-electron chi connectivity index (χ2n) is 3.12. The Kier molecular flexibility index (Phi) is 2.40. The molecule has 2 aromatic rings. The van der Waals surface area contributed by atoms with Crippen molar-refractivity contribution >= 4 is 5.69 Å². The van der Waals surface area contributed by atoms with Gasteiger partial charge in [0.05, 0.1) is 6.33 Å². The number of hydrogen-bond donors (Lipinski definition) is 2. The molecule has 2 rings (SSSR count). The van der Waals surface area contributed by atoms with E-state index in [2.05, 4.69) is 9.97 Å². The normalized spacial score (nSPS) is 10.4. The van der Waals surface area contributed by atoms with Gasteiger partial charge in [0.25, 0.3) is 5.56 Å². The minimum atomic E-state index is -0.815. The molecule has 82 valence electrons. The van der Waals surface area contributed by atoms with Gasteiger partial charge in [0, 0.05) is 11.6 Å². The Morgan fingerprint density at radius 2 is 2.06 bits per heavy atom. The molecule has 0 fully saturated rings. The summed E-state index contributed by atoms with van der Waals surface area (Å²) < 4.78 is 26.1. The second kappa shape index (κ2) is 3.73. The summed E-state index contributed by atoms with van der Waals surface area (Å²) in [5, 5.41) is 0. The molecule has 0 saturated heterocycles. The average molecular weight is 223 g/mol. The van der Waals surface area contributed by atoms with E-state index in [1.807, 2.05) is 0 Å². The number of nitrogens with zero attached hydrogens (tertiary/aromatic N) is 1. The molecule has 0 saturated carbocycles. The highest BCUT2D eigenvalue weighted by Gasteiger charge is 2.12. The van der Waals surface area contributed by atoms with E-state index >= 15 is 0 Å². The number of H-pyrrole nitrogens is 1. The maximum Gasteiger partial charge on any atom is 0.274 e. The molecule has 0 atom stereocenters. The fourth-order valence-electron chi connectivity index (χ4n) is 1.31. The number of benzene rings is 1. The average Bonchev–Trinajstić information content (AvgIpc) is 2.23. The lowest BCUT2D eigenvalue weighted by Gasteiger charge is -2.04. The van der Waals surface area contributed by atoms with Crippen LogP contribution in [0.2, 0.25) is 0 Å². The second-order valence-corrected chi connectivity index (χ2v) is 3.12. The highest BCUT2D eigenvalue weighted by molar-refractivity contribution is 5.71. The van der Waals surface area contributed by atoms with Crippen LogP contribution in [0.25, 0.3) is 11.3 Å². The molecule has 16 heavy (non-hydrogen) atoms. The van der Waals surface area contributed by atoms with E-state index in [1.54, 1.807) is 0 Å². The summed E-state index contributed by atoms with van der Waals surface area (Å²) in [5.41, 5.74) is 4.68. The Morgan fingerprint density at radius 3 is 2.75 bits per heavy atom. The van der Waals surface area contributed by atoms with Crippen LogP contribution in [-0.2, 0) is 0 Å². The van der Waals surface area contributed by atoms with Gasteiger partial charge in [-0.05, 0) is 12.1 Å². The first-order valence-electron chi connectivity index (χ1n) is 4.38. The fourth-order valence-corrected chi connectivity index (χ4v) is 1.31. The summed E-state index contributed by atoms with van der Waals surface area (Å²) in [7, 11) is 0. The van der Waals surface area contributed by atoms with Crippen molar-refractivity contribution in [3.63, 3.8) is 0 Å². The molecule has 0 aliphatic heterocycles. The Hall–Kier alpha value is -2.24. The number of rotatable bonds is 1. The maximum atomic E-state index is 13.4. The lowest BCUT2D eigenvalue weighted by molar-refractivity contribution is 0.585. The first-order valence-corrected chi connectivity index (χ1v) is 4.38. The number of hydrogen-bond acceptors (Lipinski definition) is 3. The number of nitrogen functional groups attached to an aromatic ring is 1. The van der Waals surface area contributed by atoms with Crippen molar-refractivity contribution in [2.45, 2.75) is 0 Å². The molecule has 0 bridgehead atoms. The molecule has 1 aromatic carbocycles. The van der Waals surface area contributed by atoms with Crippen LogP contribution in [0, 0.1) is 11.6 Å². The van der Waals surface area contributed by atoms with E-state index in [-0.39, 0.29) is 16.9 Å². The lowest BCUT2D eigenvalue weighted by Crippen LogP contribution is -2.13. The fraction of sp³-hybridized carbons (Fsp3) is 0. The molecule has 0 spiro atoms. The third-order valence-corrected chi connectivity index (χ3v) is 2.08. The molecule has 0 aliphatic carbocycles. The number of halogens is 2. The predicted octanol–water partition coefficient (Wildman–Crippen LogP) is 1.30. The van der Waals surface area contributed by atoms with E-state index in [9.17, 15) is 13.6 Å². The van der Waals surface area contributed by atoms with Crippen LogP contribution >= 0.6 is 0 Å². The third-order valence-electron chi connectivity index (χ3n) is 2.08. The lowest BCUT2D eigenvalue weighted by atomic mass is 10.1. The van der Waals surface area contributed by atoms with Crippen molar-refractivity contribution in [3.05, 3.63) is 46.5 Å². The molecular formula is C10H7F2N3O. The molecule has 0 radical (unpaired) electrons. The van der Waals surface area contributed by atoms with Crippen LogP contribution < -0.4 is 11.3 Å². The SMILES string of the molecule is Nc1c(-c2ccc(F)cc2F)nc[nH]c1=O. The van der Waals surface area contributed by atoms with Crippen LogP contribution in [0.3, 0.4) is 0 Å². The number of anilines is 1. The summed E-state index contributed by atoms with van der Waals surface area (Å²) >= 11 is 0. The van der Waals surface area contributed by atoms with Gasteiger partial charge in [-0.25, -0.2) is 13.8 Å². The van der Waals surface area contributed by atoms with E-state index in [0.717, 1.165) is 12.4 Å². The van der Waals surface area contributed by atoms with Gasteiger partial charge in [0.15, 0.2) is 0 Å². The zero-order chi connectivity index (χ0) is 11.7. The van der Waals surface area contributed by atoms with Gasteiger partial charge >= 0.3 is 0 Å². The van der Waals surface area contributed by atoms with E-state index < -0.39 is 17.2 Å². The van der Waals surface area contributed by atoms with Crippen LogP contribution in [0.4, 0.5) is 14.5 Å². The number of aromatic amines is 1. The van der Waals surface area contributed by atoms with Crippen molar-refractivity contribution in [1.29, 1.82) is 0 Å². The molecule has 0 aliphatic rings. The van der Waals surface area contributed by atoms with E-state index in [4.69, 9.17) is 5.73 Å². The summed E-state index contributed by atoms with van der Waals surface area (Å²) in [4.78, 5) is 17.2. The molecule has 4 nitrogen and oxygen atoms in total. The van der Waals surface area contributed by atoms with E-state index in [0.29, 0.717) is 6.07 Å². The van der Waals surface area contributed by atoms with Crippen molar-refractivity contribution in [3.8, 4) is 11.3 Å². The number of nitrogens with one attached hydrogen (secondary N) is 1. The Labute approximate surface area is 88.8 Å². The standard InChI is InChI=1S/C10H7F2N3O/c11-5-1-2-6(7(12)3-5)9-8(13)10(16)15-4-14-9/h1-4H,13H2,(H,14,15,16). The quantitative estimate of drug-likeness (QED) is 0.765. The minimum Gasteiger partial charge on any atom is -0.392 e. The van der Waals surface area contributed by atoms with Gasteiger partial charge in [-0.2, -0.15) is 0 Å².